The summed E-state index contributed by atoms with van der Waals surface area (Å²) in [5.41, 5.74) is 5.18. The summed E-state index contributed by atoms with van der Waals surface area (Å²) in [5.74, 6) is 0.858. The number of nitrogens with zero attached hydrogens (tertiary/aromatic N) is 3. The summed E-state index contributed by atoms with van der Waals surface area (Å²) in [6, 6.07) is 12.9. The van der Waals surface area contributed by atoms with E-state index in [4.69, 9.17) is 4.98 Å². The smallest absolute Gasteiger partial charge is 0.169 e. The molecule has 0 amide bonds. The van der Waals surface area contributed by atoms with Crippen molar-refractivity contribution < 1.29 is 0 Å². The first-order chi connectivity index (χ1) is 11.3. The van der Waals surface area contributed by atoms with Crippen LogP contribution < -0.4 is 0 Å². The summed E-state index contributed by atoms with van der Waals surface area (Å²) in [6.45, 7) is 5.11. The van der Waals surface area contributed by atoms with Crippen LogP contribution in [0, 0.1) is 6.92 Å². The minimum atomic E-state index is 0.858. The third-order valence-electron chi connectivity index (χ3n) is 4.26. The first-order valence-corrected chi connectivity index (χ1v) is 8.82. The summed E-state index contributed by atoms with van der Waals surface area (Å²) in [6.07, 6.45) is 3.05. The van der Waals surface area contributed by atoms with E-state index >= 15 is 0 Å². The lowest BCUT2D eigenvalue weighted by atomic mass is 10.1. The SMILES string of the molecule is Cc1cccc(CN2CCc3cnc(-c4cccs4)nc3C2)c1. The molecule has 4 rings (SSSR count). The molecule has 4 heteroatoms. The molecule has 1 aromatic carbocycles. The number of benzene rings is 1. The Morgan fingerprint density at radius 2 is 2.17 bits per heavy atom. The van der Waals surface area contributed by atoms with Gasteiger partial charge in [-0.3, -0.25) is 4.90 Å². The molecule has 0 fully saturated rings. The van der Waals surface area contributed by atoms with Gasteiger partial charge in [-0.1, -0.05) is 35.9 Å². The lowest BCUT2D eigenvalue weighted by Gasteiger charge is -2.28. The van der Waals surface area contributed by atoms with Crippen LogP contribution in [0.1, 0.15) is 22.4 Å². The molecule has 3 aromatic rings. The van der Waals surface area contributed by atoms with Gasteiger partial charge in [0.2, 0.25) is 0 Å². The molecule has 0 saturated carbocycles. The Kier molecular flexibility index (Phi) is 3.93. The summed E-state index contributed by atoms with van der Waals surface area (Å²) >= 11 is 1.69. The van der Waals surface area contributed by atoms with Crippen LogP contribution >= 0.6 is 11.3 Å². The van der Waals surface area contributed by atoms with Crippen LogP contribution in [-0.2, 0) is 19.5 Å². The number of thiophene rings is 1. The Labute approximate surface area is 140 Å². The first-order valence-electron chi connectivity index (χ1n) is 7.94. The average Bonchev–Trinajstić information content (AvgIpc) is 3.09. The minimum absolute atomic E-state index is 0.858. The molecule has 1 aliphatic heterocycles. The van der Waals surface area contributed by atoms with Gasteiger partial charge in [0.1, 0.15) is 0 Å². The molecule has 0 atom stereocenters. The standard InChI is InChI=1S/C19H19N3S/c1-14-4-2-5-15(10-14)12-22-8-7-16-11-20-19(21-17(16)13-22)18-6-3-9-23-18/h2-6,9-11H,7-8,12-13H2,1H3. The quantitative estimate of drug-likeness (QED) is 0.728. The fraction of sp³-hybridized carbons (Fsp3) is 0.263. The van der Waals surface area contributed by atoms with E-state index in [9.17, 15) is 0 Å². The van der Waals surface area contributed by atoms with Gasteiger partial charge in [-0.2, -0.15) is 0 Å². The average molecular weight is 321 g/mol. The van der Waals surface area contributed by atoms with Crippen LogP contribution in [0.15, 0.2) is 48.0 Å². The minimum Gasteiger partial charge on any atom is -0.293 e. The van der Waals surface area contributed by atoms with E-state index in [0.717, 1.165) is 36.8 Å². The molecule has 2 aromatic heterocycles. The van der Waals surface area contributed by atoms with Crippen LogP contribution in [0.2, 0.25) is 0 Å². The number of hydrogen-bond donors (Lipinski definition) is 0. The van der Waals surface area contributed by atoms with Gasteiger partial charge >= 0.3 is 0 Å². The van der Waals surface area contributed by atoms with Gasteiger partial charge in [0.15, 0.2) is 5.82 Å². The molecule has 0 spiro atoms. The molecule has 0 N–H and O–H groups in total. The van der Waals surface area contributed by atoms with E-state index < -0.39 is 0 Å². The second-order valence-corrected chi connectivity index (χ2v) is 7.04. The van der Waals surface area contributed by atoms with Crippen LogP contribution in [0.4, 0.5) is 0 Å². The molecule has 23 heavy (non-hydrogen) atoms. The van der Waals surface area contributed by atoms with Crippen molar-refractivity contribution >= 4 is 11.3 Å². The molecule has 3 heterocycles. The summed E-state index contributed by atoms with van der Waals surface area (Å²) in [4.78, 5) is 13.0. The van der Waals surface area contributed by atoms with Gasteiger partial charge in [-0.25, -0.2) is 9.97 Å². The highest BCUT2D eigenvalue weighted by Gasteiger charge is 2.19. The van der Waals surface area contributed by atoms with E-state index in [0.29, 0.717) is 0 Å². The highest BCUT2D eigenvalue weighted by atomic mass is 32.1. The van der Waals surface area contributed by atoms with Crippen molar-refractivity contribution in [3.63, 3.8) is 0 Å². The number of hydrogen-bond acceptors (Lipinski definition) is 4. The number of rotatable bonds is 3. The Balaban J connectivity index is 1.55. The van der Waals surface area contributed by atoms with Crippen molar-refractivity contribution in [3.8, 4) is 10.7 Å². The zero-order chi connectivity index (χ0) is 15.6. The normalized spacial score (nSPS) is 14.7. The van der Waals surface area contributed by atoms with Crippen LogP contribution in [0.25, 0.3) is 10.7 Å². The van der Waals surface area contributed by atoms with E-state index in [1.165, 1.54) is 22.4 Å². The molecular weight excluding hydrogens is 302 g/mol. The zero-order valence-corrected chi connectivity index (χ0v) is 14.0. The largest absolute Gasteiger partial charge is 0.293 e. The van der Waals surface area contributed by atoms with Crippen LogP contribution in [0.3, 0.4) is 0 Å². The summed E-state index contributed by atoms with van der Waals surface area (Å²) < 4.78 is 0. The first kappa shape index (κ1) is 14.5. The predicted molar refractivity (Wildman–Crippen MR) is 94.3 cm³/mol. The van der Waals surface area contributed by atoms with E-state index in [1.807, 2.05) is 12.3 Å². The van der Waals surface area contributed by atoms with Gasteiger partial charge in [0.05, 0.1) is 10.6 Å². The highest BCUT2D eigenvalue weighted by molar-refractivity contribution is 7.13. The van der Waals surface area contributed by atoms with Crippen molar-refractivity contribution in [3.05, 3.63) is 70.4 Å². The fourth-order valence-electron chi connectivity index (χ4n) is 3.09. The Bertz CT molecular complexity index is 811. The molecule has 0 radical (unpaired) electrons. The van der Waals surface area contributed by atoms with Crippen LogP contribution in [0.5, 0.6) is 0 Å². The summed E-state index contributed by atoms with van der Waals surface area (Å²) in [7, 11) is 0. The maximum atomic E-state index is 4.82. The van der Waals surface area contributed by atoms with Gasteiger partial charge in [-0.05, 0) is 35.9 Å². The van der Waals surface area contributed by atoms with Crippen molar-refractivity contribution in [2.24, 2.45) is 0 Å². The maximum absolute atomic E-state index is 4.82. The summed E-state index contributed by atoms with van der Waals surface area (Å²) in [5, 5.41) is 2.07. The highest BCUT2D eigenvalue weighted by Crippen LogP contribution is 2.24. The third-order valence-corrected chi connectivity index (χ3v) is 5.12. The molecular formula is C19H19N3S. The lowest BCUT2D eigenvalue weighted by molar-refractivity contribution is 0.241. The van der Waals surface area contributed by atoms with E-state index in [2.05, 4.69) is 52.5 Å². The zero-order valence-electron chi connectivity index (χ0n) is 13.2. The van der Waals surface area contributed by atoms with Crippen molar-refractivity contribution in [2.45, 2.75) is 26.4 Å². The van der Waals surface area contributed by atoms with E-state index in [1.54, 1.807) is 11.3 Å². The molecule has 3 nitrogen and oxygen atoms in total. The third kappa shape index (κ3) is 3.19. The second-order valence-electron chi connectivity index (χ2n) is 6.09. The monoisotopic (exact) mass is 321 g/mol. The van der Waals surface area contributed by atoms with Gasteiger partial charge in [0.25, 0.3) is 0 Å². The number of aromatic nitrogens is 2. The lowest BCUT2D eigenvalue weighted by Crippen LogP contribution is -2.31. The molecule has 1 aliphatic rings. The molecule has 0 aliphatic carbocycles. The fourth-order valence-corrected chi connectivity index (χ4v) is 3.75. The topological polar surface area (TPSA) is 29.0 Å². The van der Waals surface area contributed by atoms with E-state index in [-0.39, 0.29) is 0 Å². The van der Waals surface area contributed by atoms with Gasteiger partial charge in [0, 0.05) is 25.8 Å². The Morgan fingerprint density at radius 1 is 1.22 bits per heavy atom. The van der Waals surface area contributed by atoms with Crippen molar-refractivity contribution in [1.82, 2.24) is 14.9 Å². The van der Waals surface area contributed by atoms with Gasteiger partial charge < -0.3 is 0 Å². The van der Waals surface area contributed by atoms with Crippen LogP contribution in [-0.4, -0.2) is 21.4 Å². The van der Waals surface area contributed by atoms with Gasteiger partial charge in [-0.15, -0.1) is 11.3 Å². The molecule has 0 unspecified atom stereocenters. The predicted octanol–water partition coefficient (Wildman–Crippen LogP) is 4.07. The Morgan fingerprint density at radius 3 is 3.00 bits per heavy atom. The van der Waals surface area contributed by atoms with Crippen molar-refractivity contribution in [1.29, 1.82) is 0 Å². The Hall–Kier alpha value is -2.04. The number of aryl methyl sites for hydroxylation is 1. The maximum Gasteiger partial charge on any atom is 0.169 e. The molecule has 0 saturated heterocycles. The second kappa shape index (κ2) is 6.22. The molecule has 116 valence electrons. The molecule has 0 bridgehead atoms. The van der Waals surface area contributed by atoms with Crippen molar-refractivity contribution in [2.75, 3.05) is 6.54 Å². The number of fused-ring (bicyclic) bond motifs is 1.